The molecule has 2 fully saturated rings. The summed E-state index contributed by atoms with van der Waals surface area (Å²) in [5.41, 5.74) is 1.77. The van der Waals surface area contributed by atoms with Gasteiger partial charge in [-0.3, -0.25) is 4.79 Å². The first-order valence-electron chi connectivity index (χ1n) is 8.69. The number of carbonyl (C=O) groups is 1. The van der Waals surface area contributed by atoms with Crippen molar-refractivity contribution < 1.29 is 9.18 Å². The zero-order valence-electron chi connectivity index (χ0n) is 14.7. The van der Waals surface area contributed by atoms with Gasteiger partial charge in [0.25, 0.3) is 5.91 Å². The van der Waals surface area contributed by atoms with Crippen molar-refractivity contribution in [2.45, 2.75) is 53.0 Å². The van der Waals surface area contributed by atoms with Crippen molar-refractivity contribution in [2.24, 2.45) is 16.7 Å². The van der Waals surface area contributed by atoms with Crippen LogP contribution < -0.4 is 5.32 Å². The van der Waals surface area contributed by atoms with Crippen LogP contribution in [0.5, 0.6) is 0 Å². The summed E-state index contributed by atoms with van der Waals surface area (Å²) in [4.78, 5) is 19.9. The Hall–Kier alpha value is -1.91. The molecule has 128 valence electrons. The van der Waals surface area contributed by atoms with E-state index in [4.69, 9.17) is 0 Å². The second-order valence-electron chi connectivity index (χ2n) is 8.33. The van der Waals surface area contributed by atoms with Gasteiger partial charge in [0.05, 0.1) is 5.39 Å². The maximum absolute atomic E-state index is 14.0. The van der Waals surface area contributed by atoms with E-state index < -0.39 is 0 Å². The number of rotatable bonds is 2. The van der Waals surface area contributed by atoms with Crippen LogP contribution in [0.15, 0.2) is 12.1 Å². The topological polar surface area (TPSA) is 57.8 Å². The number of pyridine rings is 1. The maximum atomic E-state index is 14.0. The highest BCUT2D eigenvalue weighted by Gasteiger charge is 2.61. The number of H-pyrrole nitrogens is 1. The number of aromatic nitrogens is 2. The molecule has 2 heterocycles. The van der Waals surface area contributed by atoms with Crippen LogP contribution in [0.3, 0.4) is 0 Å². The Bertz CT molecular complexity index is 840. The zero-order valence-corrected chi connectivity index (χ0v) is 14.7. The highest BCUT2D eigenvalue weighted by Crippen LogP contribution is 2.65. The Morgan fingerprint density at radius 1 is 1.38 bits per heavy atom. The first-order valence-corrected chi connectivity index (χ1v) is 8.69. The fraction of sp³-hybridized carbons (Fsp3) is 0.579. The van der Waals surface area contributed by atoms with E-state index in [9.17, 15) is 9.18 Å². The lowest BCUT2D eigenvalue weighted by molar-refractivity contribution is 0.0822. The maximum Gasteiger partial charge on any atom is 0.268 e. The molecule has 2 bridgehead atoms. The largest absolute Gasteiger partial charge is 0.347 e. The zero-order chi connectivity index (χ0) is 17.3. The van der Waals surface area contributed by atoms with Gasteiger partial charge in [-0.1, -0.05) is 20.8 Å². The van der Waals surface area contributed by atoms with Crippen molar-refractivity contribution in [1.29, 1.82) is 0 Å². The fourth-order valence-corrected chi connectivity index (χ4v) is 4.96. The lowest BCUT2D eigenvalue weighted by Crippen LogP contribution is -2.46. The number of halogens is 1. The number of aromatic amines is 1. The van der Waals surface area contributed by atoms with Crippen LogP contribution in [-0.2, 0) is 0 Å². The number of nitrogens with one attached hydrogen (secondary N) is 2. The number of fused-ring (bicyclic) bond motifs is 3. The molecule has 0 aromatic carbocycles. The minimum absolute atomic E-state index is 0.124. The molecule has 24 heavy (non-hydrogen) atoms. The van der Waals surface area contributed by atoms with E-state index in [1.807, 2.05) is 0 Å². The summed E-state index contributed by atoms with van der Waals surface area (Å²) < 4.78 is 14.0. The van der Waals surface area contributed by atoms with E-state index in [1.54, 1.807) is 13.0 Å². The number of carbonyl (C=O) groups excluding carboxylic acids is 1. The summed E-state index contributed by atoms with van der Waals surface area (Å²) in [5.74, 6) is 0.151. The lowest BCUT2D eigenvalue weighted by atomic mass is 9.69. The molecular weight excluding hydrogens is 305 g/mol. The predicted octanol–water partition coefficient (Wildman–Crippen LogP) is 3.96. The molecule has 0 spiro atoms. The van der Waals surface area contributed by atoms with Gasteiger partial charge in [-0.25, -0.2) is 9.37 Å². The SMILES string of the molecule is Cc1cc(F)c2cc(C(=O)NC3CC4CCC3(C)C4(C)C)[nH]c2n1. The average Bonchev–Trinajstić information content (AvgIpc) is 3.07. The molecule has 4 rings (SSSR count). The molecule has 2 saturated carbocycles. The highest BCUT2D eigenvalue weighted by atomic mass is 19.1. The van der Waals surface area contributed by atoms with Gasteiger partial charge < -0.3 is 10.3 Å². The van der Waals surface area contributed by atoms with Crippen molar-refractivity contribution in [3.63, 3.8) is 0 Å². The number of amides is 1. The molecular formula is C19H24FN3O. The Balaban J connectivity index is 1.61. The summed E-state index contributed by atoms with van der Waals surface area (Å²) in [7, 11) is 0. The first-order chi connectivity index (χ1) is 11.2. The molecule has 3 unspecified atom stereocenters. The number of aryl methyl sites for hydroxylation is 1. The average molecular weight is 329 g/mol. The molecule has 0 aliphatic heterocycles. The number of hydrogen-bond acceptors (Lipinski definition) is 2. The van der Waals surface area contributed by atoms with Crippen LogP contribution in [0.2, 0.25) is 0 Å². The van der Waals surface area contributed by atoms with Crippen LogP contribution in [0.1, 0.15) is 56.2 Å². The lowest BCUT2D eigenvalue weighted by Gasteiger charge is -2.39. The molecule has 2 aliphatic rings. The van der Waals surface area contributed by atoms with Gasteiger partial charge in [0.2, 0.25) is 0 Å². The van der Waals surface area contributed by atoms with E-state index in [1.165, 1.54) is 12.5 Å². The van der Waals surface area contributed by atoms with Crippen molar-refractivity contribution in [3.8, 4) is 0 Å². The van der Waals surface area contributed by atoms with Gasteiger partial charge in [0, 0.05) is 11.7 Å². The second-order valence-corrected chi connectivity index (χ2v) is 8.33. The van der Waals surface area contributed by atoms with Crippen LogP contribution in [0, 0.1) is 29.5 Å². The molecule has 5 heteroatoms. The Labute approximate surface area is 141 Å². The van der Waals surface area contributed by atoms with Gasteiger partial charge in [0.1, 0.15) is 17.2 Å². The molecule has 2 aromatic rings. The highest BCUT2D eigenvalue weighted by molar-refractivity contribution is 5.97. The molecule has 3 atom stereocenters. The van der Waals surface area contributed by atoms with Gasteiger partial charge in [-0.05, 0) is 55.1 Å². The van der Waals surface area contributed by atoms with E-state index in [-0.39, 0.29) is 28.6 Å². The van der Waals surface area contributed by atoms with Gasteiger partial charge in [-0.15, -0.1) is 0 Å². The Morgan fingerprint density at radius 3 is 2.75 bits per heavy atom. The van der Waals surface area contributed by atoms with Crippen LogP contribution in [0.25, 0.3) is 11.0 Å². The summed E-state index contributed by atoms with van der Waals surface area (Å²) >= 11 is 0. The third kappa shape index (κ3) is 1.96. The van der Waals surface area contributed by atoms with E-state index in [2.05, 4.69) is 36.1 Å². The Morgan fingerprint density at radius 2 is 2.12 bits per heavy atom. The molecule has 2 N–H and O–H groups in total. The summed E-state index contributed by atoms with van der Waals surface area (Å²) in [5, 5.41) is 3.56. The Kier molecular flexibility index (Phi) is 3.12. The van der Waals surface area contributed by atoms with Gasteiger partial charge in [0.15, 0.2) is 0 Å². The fourth-order valence-electron chi connectivity index (χ4n) is 4.96. The van der Waals surface area contributed by atoms with Crippen LogP contribution in [-0.4, -0.2) is 21.9 Å². The van der Waals surface area contributed by atoms with Crippen molar-refractivity contribution in [2.75, 3.05) is 0 Å². The normalized spacial score (nSPS) is 30.9. The molecule has 0 radical (unpaired) electrons. The molecule has 1 amide bonds. The van der Waals surface area contributed by atoms with Crippen molar-refractivity contribution >= 4 is 16.9 Å². The quantitative estimate of drug-likeness (QED) is 0.876. The predicted molar refractivity (Wildman–Crippen MR) is 91.3 cm³/mol. The second kappa shape index (κ2) is 4.80. The molecule has 2 aliphatic carbocycles. The molecule has 2 aromatic heterocycles. The van der Waals surface area contributed by atoms with Crippen LogP contribution in [0.4, 0.5) is 4.39 Å². The summed E-state index contributed by atoms with van der Waals surface area (Å²) in [6, 6.07) is 3.12. The third-order valence-corrected chi connectivity index (χ3v) is 7.02. The minimum atomic E-state index is -0.346. The van der Waals surface area contributed by atoms with E-state index >= 15 is 0 Å². The summed E-state index contributed by atoms with van der Waals surface area (Å²) in [6.07, 6.45) is 3.43. The standard InChI is InChI=1S/C19H24FN3O/c1-10-7-13(20)12-9-14(22-16(12)21-10)17(24)23-15-8-11-5-6-19(15,4)18(11,2)3/h7,9,11,15H,5-6,8H2,1-4H3,(H,21,22)(H,23,24). The van der Waals surface area contributed by atoms with Crippen molar-refractivity contribution in [1.82, 2.24) is 15.3 Å². The third-order valence-electron chi connectivity index (χ3n) is 7.02. The smallest absolute Gasteiger partial charge is 0.268 e. The summed E-state index contributed by atoms with van der Waals surface area (Å²) in [6.45, 7) is 8.67. The van der Waals surface area contributed by atoms with Crippen molar-refractivity contribution in [3.05, 3.63) is 29.3 Å². The van der Waals surface area contributed by atoms with Gasteiger partial charge >= 0.3 is 0 Å². The molecule has 0 saturated heterocycles. The number of nitrogens with zero attached hydrogens (tertiary/aromatic N) is 1. The minimum Gasteiger partial charge on any atom is -0.347 e. The molecule has 4 nitrogen and oxygen atoms in total. The van der Waals surface area contributed by atoms with E-state index in [0.717, 1.165) is 12.8 Å². The van der Waals surface area contributed by atoms with Crippen LogP contribution >= 0.6 is 0 Å². The van der Waals surface area contributed by atoms with E-state index in [0.29, 0.717) is 28.3 Å². The first kappa shape index (κ1) is 15.6. The van der Waals surface area contributed by atoms with Gasteiger partial charge in [-0.2, -0.15) is 0 Å². The number of hydrogen-bond donors (Lipinski definition) is 2. The monoisotopic (exact) mass is 329 g/mol.